The molecule has 2 aromatic carbocycles. The van der Waals surface area contributed by atoms with Gasteiger partial charge in [0, 0.05) is 35.7 Å². The van der Waals surface area contributed by atoms with Crippen molar-refractivity contribution in [2.24, 2.45) is 0 Å². The van der Waals surface area contributed by atoms with Gasteiger partial charge < -0.3 is 9.64 Å². The van der Waals surface area contributed by atoms with E-state index < -0.39 is 16.4 Å². The number of Topliss-reactive ketones (excluding diaryl/α,β-unsaturated/α-hetero) is 1. The summed E-state index contributed by atoms with van der Waals surface area (Å²) in [7, 11) is 1.55. The summed E-state index contributed by atoms with van der Waals surface area (Å²) in [5.74, 6) is -0.481. The third-order valence-electron chi connectivity index (χ3n) is 5.55. The van der Waals surface area contributed by atoms with E-state index in [1.165, 1.54) is 23.1 Å². The molecule has 7 nitrogen and oxygen atoms in total. The summed E-state index contributed by atoms with van der Waals surface area (Å²) in [6.45, 7) is 1.98. The number of nitro groups is 1. The van der Waals surface area contributed by atoms with Gasteiger partial charge in [0.1, 0.15) is 5.54 Å². The number of likely N-dealkylation sites (N-methyl/N-ethyl adjacent to an activating group) is 1. The molecule has 1 unspecified atom stereocenters. The lowest BCUT2D eigenvalue weighted by atomic mass is 9.74. The Morgan fingerprint density at radius 1 is 1.27 bits per heavy atom. The highest BCUT2D eigenvalue weighted by Gasteiger charge is 2.48. The maximum Gasteiger partial charge on any atom is 0.311 e. The third-order valence-corrected chi connectivity index (χ3v) is 5.88. The van der Waals surface area contributed by atoms with Gasteiger partial charge in [-0.05, 0) is 44.4 Å². The van der Waals surface area contributed by atoms with Gasteiger partial charge in [-0.15, -0.1) is 0 Å². The third kappa shape index (κ3) is 3.77. The van der Waals surface area contributed by atoms with Crippen molar-refractivity contribution >= 4 is 29.0 Å². The number of hydrogen-bond donors (Lipinski definition) is 0. The van der Waals surface area contributed by atoms with Gasteiger partial charge in [0.05, 0.1) is 11.5 Å². The van der Waals surface area contributed by atoms with Gasteiger partial charge in [0.2, 0.25) is 0 Å². The second kappa shape index (κ2) is 8.83. The van der Waals surface area contributed by atoms with E-state index in [1.807, 2.05) is 0 Å². The molecule has 1 aliphatic rings. The minimum Gasteiger partial charge on any atom is -0.487 e. The fraction of sp³-hybridized carbons (Fsp3) is 0.364. The molecule has 0 heterocycles. The second-order valence-electron chi connectivity index (χ2n) is 7.21. The minimum absolute atomic E-state index is 0.0851. The molecule has 0 radical (unpaired) electrons. The lowest BCUT2D eigenvalue weighted by molar-refractivity contribution is -0.385. The fourth-order valence-corrected chi connectivity index (χ4v) is 4.36. The van der Waals surface area contributed by atoms with Crippen molar-refractivity contribution in [2.75, 3.05) is 13.7 Å². The Hall–Kier alpha value is -2.93. The van der Waals surface area contributed by atoms with Crippen LogP contribution in [0.25, 0.3) is 0 Å². The maximum absolute atomic E-state index is 13.4. The van der Waals surface area contributed by atoms with Crippen molar-refractivity contribution in [1.82, 2.24) is 4.90 Å². The first-order valence-electron chi connectivity index (χ1n) is 9.80. The molecule has 2 aromatic rings. The van der Waals surface area contributed by atoms with E-state index in [4.69, 9.17) is 16.3 Å². The molecule has 30 heavy (non-hydrogen) atoms. The average Bonchev–Trinajstić information content (AvgIpc) is 2.74. The summed E-state index contributed by atoms with van der Waals surface area (Å²) in [6.07, 6.45) is 2.29. The van der Waals surface area contributed by atoms with Crippen molar-refractivity contribution in [1.29, 1.82) is 0 Å². The molecule has 0 N–H and O–H groups in total. The Morgan fingerprint density at radius 2 is 2.00 bits per heavy atom. The summed E-state index contributed by atoms with van der Waals surface area (Å²) in [6, 6.07) is 11.1. The van der Waals surface area contributed by atoms with Crippen molar-refractivity contribution in [3.8, 4) is 5.75 Å². The zero-order valence-corrected chi connectivity index (χ0v) is 17.6. The molecule has 0 bridgehead atoms. The summed E-state index contributed by atoms with van der Waals surface area (Å²) < 4.78 is 5.29. The SMILES string of the molecule is CCOc1ccc(C(=O)N(C)C2(c3ccccc3Cl)CCCCC2=O)cc1[N+](=O)[O-]. The normalized spacial score (nSPS) is 18.7. The molecule has 1 aliphatic carbocycles. The predicted octanol–water partition coefficient (Wildman–Crippen LogP) is 4.76. The predicted molar refractivity (Wildman–Crippen MR) is 113 cm³/mol. The van der Waals surface area contributed by atoms with Crippen LogP contribution in [0.1, 0.15) is 48.5 Å². The van der Waals surface area contributed by atoms with Gasteiger partial charge in [0.25, 0.3) is 5.91 Å². The van der Waals surface area contributed by atoms with Crippen LogP contribution in [-0.2, 0) is 10.3 Å². The molecule has 0 aliphatic heterocycles. The van der Waals surface area contributed by atoms with Crippen molar-refractivity contribution in [3.63, 3.8) is 0 Å². The smallest absolute Gasteiger partial charge is 0.311 e. The molecule has 1 amide bonds. The average molecular weight is 431 g/mol. The molecule has 158 valence electrons. The van der Waals surface area contributed by atoms with E-state index in [9.17, 15) is 19.7 Å². The minimum atomic E-state index is -1.21. The molecular formula is C22H23ClN2O5. The molecule has 0 aromatic heterocycles. The molecule has 1 fully saturated rings. The number of halogens is 1. The van der Waals surface area contributed by atoms with E-state index in [-0.39, 0.29) is 29.4 Å². The van der Waals surface area contributed by atoms with Crippen LogP contribution in [0.4, 0.5) is 5.69 Å². The monoisotopic (exact) mass is 430 g/mol. The molecule has 1 saturated carbocycles. The van der Waals surface area contributed by atoms with Crippen LogP contribution in [0.5, 0.6) is 5.75 Å². The van der Waals surface area contributed by atoms with Crippen LogP contribution in [0.15, 0.2) is 42.5 Å². The number of ether oxygens (including phenoxy) is 1. The number of amides is 1. The van der Waals surface area contributed by atoms with Gasteiger partial charge >= 0.3 is 5.69 Å². The molecule has 8 heteroatoms. The van der Waals surface area contributed by atoms with Crippen molar-refractivity contribution < 1.29 is 19.2 Å². The quantitative estimate of drug-likeness (QED) is 0.487. The zero-order valence-electron chi connectivity index (χ0n) is 16.9. The Balaban J connectivity index is 2.08. The number of benzene rings is 2. The van der Waals surface area contributed by atoms with Gasteiger partial charge in [-0.3, -0.25) is 19.7 Å². The summed E-state index contributed by atoms with van der Waals surface area (Å²) >= 11 is 6.43. The Labute approximate surface area is 179 Å². The first kappa shape index (κ1) is 21.8. The van der Waals surface area contributed by atoms with Crippen molar-refractivity contribution in [3.05, 3.63) is 68.7 Å². The summed E-state index contributed by atoms with van der Waals surface area (Å²) in [4.78, 5) is 38.8. The Bertz CT molecular complexity index is 993. The summed E-state index contributed by atoms with van der Waals surface area (Å²) in [5.41, 5.74) is -0.816. The zero-order chi connectivity index (χ0) is 21.9. The fourth-order valence-electron chi connectivity index (χ4n) is 4.07. The molecule has 1 atom stereocenters. The largest absolute Gasteiger partial charge is 0.487 e. The highest BCUT2D eigenvalue weighted by atomic mass is 35.5. The molecule has 0 saturated heterocycles. The highest BCUT2D eigenvalue weighted by Crippen LogP contribution is 2.43. The van der Waals surface area contributed by atoms with Gasteiger partial charge in [0.15, 0.2) is 11.5 Å². The Kier molecular flexibility index (Phi) is 6.41. The number of carbonyl (C=O) groups is 2. The van der Waals surface area contributed by atoms with Crippen LogP contribution >= 0.6 is 11.6 Å². The number of nitrogens with zero attached hydrogens (tertiary/aromatic N) is 2. The number of ketones is 1. The lowest BCUT2D eigenvalue weighted by Crippen LogP contribution is -2.54. The van der Waals surface area contributed by atoms with E-state index in [0.29, 0.717) is 23.4 Å². The number of carbonyl (C=O) groups excluding carboxylic acids is 2. The standard InChI is InChI=1S/C22H23ClN2O5/c1-3-30-19-12-11-15(14-18(19)25(28)29)21(27)24(2)22(13-7-6-10-20(22)26)16-8-4-5-9-17(16)23/h4-5,8-9,11-12,14H,3,6-7,10,13H2,1-2H3. The van der Waals surface area contributed by atoms with E-state index in [0.717, 1.165) is 12.8 Å². The van der Waals surface area contributed by atoms with Crippen LogP contribution in [0.2, 0.25) is 5.02 Å². The molecular weight excluding hydrogens is 408 g/mol. The second-order valence-corrected chi connectivity index (χ2v) is 7.61. The Morgan fingerprint density at radius 3 is 2.63 bits per heavy atom. The van der Waals surface area contributed by atoms with E-state index in [2.05, 4.69) is 0 Å². The van der Waals surface area contributed by atoms with Crippen LogP contribution in [0.3, 0.4) is 0 Å². The highest BCUT2D eigenvalue weighted by molar-refractivity contribution is 6.31. The molecule has 0 spiro atoms. The van der Waals surface area contributed by atoms with E-state index >= 15 is 0 Å². The lowest BCUT2D eigenvalue weighted by Gasteiger charge is -2.44. The van der Waals surface area contributed by atoms with Gasteiger partial charge in [-0.1, -0.05) is 29.8 Å². The maximum atomic E-state index is 13.4. The summed E-state index contributed by atoms with van der Waals surface area (Å²) in [5, 5.41) is 11.9. The number of rotatable bonds is 6. The number of hydrogen-bond acceptors (Lipinski definition) is 5. The van der Waals surface area contributed by atoms with Crippen molar-refractivity contribution in [2.45, 2.75) is 38.1 Å². The van der Waals surface area contributed by atoms with Crippen LogP contribution < -0.4 is 4.74 Å². The van der Waals surface area contributed by atoms with E-state index in [1.54, 1.807) is 38.2 Å². The first-order chi connectivity index (χ1) is 14.3. The van der Waals surface area contributed by atoms with Gasteiger partial charge in [-0.25, -0.2) is 0 Å². The topological polar surface area (TPSA) is 89.8 Å². The van der Waals surface area contributed by atoms with Crippen LogP contribution in [-0.4, -0.2) is 35.2 Å². The van der Waals surface area contributed by atoms with Gasteiger partial charge in [-0.2, -0.15) is 0 Å². The van der Waals surface area contributed by atoms with Crippen LogP contribution in [0, 0.1) is 10.1 Å². The molecule has 3 rings (SSSR count). The first-order valence-corrected chi connectivity index (χ1v) is 10.2. The number of nitro benzene ring substituents is 1.